The lowest BCUT2D eigenvalue weighted by molar-refractivity contribution is 0.245. The minimum atomic E-state index is 0. The van der Waals surface area contributed by atoms with Gasteiger partial charge in [-0.05, 0) is 62.2 Å². The van der Waals surface area contributed by atoms with Gasteiger partial charge in [-0.25, -0.2) is 0 Å². The van der Waals surface area contributed by atoms with Crippen molar-refractivity contribution in [1.82, 2.24) is 15.5 Å². The summed E-state index contributed by atoms with van der Waals surface area (Å²) in [6, 6.07) is 19.9. The predicted molar refractivity (Wildman–Crippen MR) is 144 cm³/mol. The highest BCUT2D eigenvalue weighted by Crippen LogP contribution is 2.26. The van der Waals surface area contributed by atoms with Crippen molar-refractivity contribution in [1.29, 1.82) is 0 Å². The number of halogens is 1. The zero-order valence-corrected chi connectivity index (χ0v) is 21.5. The van der Waals surface area contributed by atoms with Gasteiger partial charge in [-0.2, -0.15) is 0 Å². The van der Waals surface area contributed by atoms with Crippen LogP contribution in [0.1, 0.15) is 30.9 Å². The van der Waals surface area contributed by atoms with Gasteiger partial charge in [-0.1, -0.05) is 30.3 Å². The van der Waals surface area contributed by atoms with Crippen LogP contribution >= 0.6 is 24.0 Å². The van der Waals surface area contributed by atoms with Gasteiger partial charge >= 0.3 is 0 Å². The average molecular weight is 550 g/mol. The minimum absolute atomic E-state index is 0. The van der Waals surface area contributed by atoms with Crippen LogP contribution in [-0.2, 0) is 0 Å². The second-order valence-electron chi connectivity index (χ2n) is 8.40. The molecule has 0 radical (unpaired) electrons. The molecule has 0 aliphatic carbocycles. The summed E-state index contributed by atoms with van der Waals surface area (Å²) in [6.45, 7) is 5.21. The number of aliphatic imine (C=N–C) groups is 1. The highest BCUT2D eigenvalue weighted by atomic mass is 127. The van der Waals surface area contributed by atoms with Gasteiger partial charge in [-0.15, -0.1) is 24.0 Å². The third-order valence-electron chi connectivity index (χ3n) is 6.42. The van der Waals surface area contributed by atoms with Crippen LogP contribution in [0.25, 0.3) is 0 Å². The van der Waals surface area contributed by atoms with E-state index in [0.29, 0.717) is 12.1 Å². The molecule has 2 atom stereocenters. The molecule has 0 bridgehead atoms. The molecule has 2 heterocycles. The predicted octanol–water partition coefficient (Wildman–Crippen LogP) is 3.89. The van der Waals surface area contributed by atoms with E-state index in [9.17, 15) is 0 Å². The topological polar surface area (TPSA) is 52.1 Å². The van der Waals surface area contributed by atoms with Crippen LogP contribution in [0, 0.1) is 0 Å². The van der Waals surface area contributed by atoms with Crippen molar-refractivity contribution >= 4 is 35.6 Å². The number of nitrogens with zero attached hydrogens (tertiary/aromatic N) is 3. The first kappa shape index (κ1) is 24.6. The van der Waals surface area contributed by atoms with Crippen molar-refractivity contribution in [2.75, 3.05) is 51.8 Å². The number of methoxy groups -OCH3 is 1. The summed E-state index contributed by atoms with van der Waals surface area (Å²) >= 11 is 0. The lowest BCUT2D eigenvalue weighted by Crippen LogP contribution is -2.47. The molecular formula is C25H36IN5O. The van der Waals surface area contributed by atoms with Gasteiger partial charge in [0, 0.05) is 38.4 Å². The standard InChI is InChI=1S/C25H35N5O.HI/c1-26-25(28-21-14-17-30(19-21)22-8-4-3-5-9-22)27-18-24(29-15-6-7-16-29)20-10-12-23(31-2)13-11-20;/h3-5,8-13,21,24H,6-7,14-19H2,1-2H3,(H2,26,27,28);1H. The van der Waals surface area contributed by atoms with Gasteiger partial charge in [0.25, 0.3) is 0 Å². The van der Waals surface area contributed by atoms with Crippen LogP contribution in [0.4, 0.5) is 5.69 Å². The number of rotatable bonds is 7. The Morgan fingerprint density at radius 3 is 2.44 bits per heavy atom. The minimum Gasteiger partial charge on any atom is -0.497 e. The first-order valence-electron chi connectivity index (χ1n) is 11.4. The van der Waals surface area contributed by atoms with Gasteiger partial charge in [0.1, 0.15) is 5.75 Å². The molecule has 2 aliphatic rings. The molecule has 32 heavy (non-hydrogen) atoms. The number of ether oxygens (including phenoxy) is 1. The molecule has 2 saturated heterocycles. The van der Waals surface area contributed by atoms with Crippen molar-refractivity contribution in [2.24, 2.45) is 4.99 Å². The molecule has 174 valence electrons. The van der Waals surface area contributed by atoms with E-state index in [2.05, 4.69) is 80.0 Å². The van der Waals surface area contributed by atoms with Crippen molar-refractivity contribution < 1.29 is 4.74 Å². The van der Waals surface area contributed by atoms with E-state index in [1.165, 1.54) is 24.1 Å². The maximum atomic E-state index is 5.34. The molecular weight excluding hydrogens is 513 g/mol. The second kappa shape index (κ2) is 12.3. The van der Waals surface area contributed by atoms with E-state index in [4.69, 9.17) is 4.74 Å². The average Bonchev–Trinajstić information content (AvgIpc) is 3.52. The summed E-state index contributed by atoms with van der Waals surface area (Å²) in [5.74, 6) is 1.79. The molecule has 2 aliphatic heterocycles. The largest absolute Gasteiger partial charge is 0.497 e. The molecule has 6 nitrogen and oxygen atoms in total. The Morgan fingerprint density at radius 1 is 1.06 bits per heavy atom. The van der Waals surface area contributed by atoms with Crippen LogP contribution in [0.5, 0.6) is 5.75 Å². The summed E-state index contributed by atoms with van der Waals surface area (Å²) < 4.78 is 5.34. The molecule has 0 spiro atoms. The SMILES string of the molecule is CN=C(NCC(c1ccc(OC)cc1)N1CCCC1)NC1CCN(c2ccccc2)C1.I. The van der Waals surface area contributed by atoms with E-state index in [-0.39, 0.29) is 24.0 Å². The van der Waals surface area contributed by atoms with E-state index in [0.717, 1.165) is 50.9 Å². The van der Waals surface area contributed by atoms with Gasteiger partial charge in [-0.3, -0.25) is 9.89 Å². The lowest BCUT2D eigenvalue weighted by atomic mass is 10.1. The number of benzene rings is 2. The van der Waals surface area contributed by atoms with Crippen molar-refractivity contribution in [3.05, 3.63) is 60.2 Å². The summed E-state index contributed by atoms with van der Waals surface area (Å²) in [6.07, 6.45) is 3.66. The Morgan fingerprint density at radius 2 is 1.78 bits per heavy atom. The first-order valence-corrected chi connectivity index (χ1v) is 11.4. The van der Waals surface area contributed by atoms with E-state index >= 15 is 0 Å². The number of para-hydroxylation sites is 1. The maximum absolute atomic E-state index is 5.34. The second-order valence-corrected chi connectivity index (χ2v) is 8.40. The quantitative estimate of drug-likeness (QED) is 0.312. The maximum Gasteiger partial charge on any atom is 0.191 e. The van der Waals surface area contributed by atoms with E-state index in [1.807, 2.05) is 7.05 Å². The third-order valence-corrected chi connectivity index (χ3v) is 6.42. The Hall–Kier alpha value is -2.00. The molecule has 2 N–H and O–H groups in total. The van der Waals surface area contributed by atoms with Crippen LogP contribution in [-0.4, -0.2) is 63.8 Å². The number of hydrogen-bond donors (Lipinski definition) is 2. The summed E-state index contributed by atoms with van der Waals surface area (Å²) in [5.41, 5.74) is 2.62. The zero-order chi connectivity index (χ0) is 21.5. The fourth-order valence-corrected chi connectivity index (χ4v) is 4.67. The number of nitrogens with one attached hydrogen (secondary N) is 2. The van der Waals surface area contributed by atoms with Gasteiger partial charge < -0.3 is 20.3 Å². The monoisotopic (exact) mass is 549 g/mol. The molecule has 2 aromatic rings. The smallest absolute Gasteiger partial charge is 0.191 e. The fourth-order valence-electron chi connectivity index (χ4n) is 4.67. The van der Waals surface area contributed by atoms with Crippen molar-refractivity contribution in [3.63, 3.8) is 0 Å². The van der Waals surface area contributed by atoms with Gasteiger partial charge in [0.05, 0.1) is 13.2 Å². The summed E-state index contributed by atoms with van der Waals surface area (Å²) in [5, 5.41) is 7.24. The molecule has 4 rings (SSSR count). The molecule has 0 amide bonds. The summed E-state index contributed by atoms with van der Waals surface area (Å²) in [4.78, 5) is 9.52. The van der Waals surface area contributed by atoms with Crippen LogP contribution in [0.3, 0.4) is 0 Å². The number of anilines is 1. The Balaban J connectivity index is 0.00000289. The Labute approximate surface area is 209 Å². The highest BCUT2D eigenvalue weighted by Gasteiger charge is 2.26. The van der Waals surface area contributed by atoms with Gasteiger partial charge in [0.2, 0.25) is 0 Å². The Kier molecular flexibility index (Phi) is 9.47. The van der Waals surface area contributed by atoms with Crippen LogP contribution in [0.2, 0.25) is 0 Å². The molecule has 7 heteroatoms. The number of guanidine groups is 1. The van der Waals surface area contributed by atoms with Crippen molar-refractivity contribution in [3.8, 4) is 5.75 Å². The lowest BCUT2D eigenvalue weighted by Gasteiger charge is -2.29. The number of likely N-dealkylation sites (tertiary alicyclic amines) is 1. The molecule has 2 unspecified atom stereocenters. The van der Waals surface area contributed by atoms with Crippen LogP contribution in [0.15, 0.2) is 59.6 Å². The zero-order valence-electron chi connectivity index (χ0n) is 19.2. The Bertz CT molecular complexity index is 839. The summed E-state index contributed by atoms with van der Waals surface area (Å²) in [7, 11) is 3.57. The number of hydrogen-bond acceptors (Lipinski definition) is 4. The van der Waals surface area contributed by atoms with E-state index < -0.39 is 0 Å². The highest BCUT2D eigenvalue weighted by molar-refractivity contribution is 14.0. The fraction of sp³-hybridized carbons (Fsp3) is 0.480. The van der Waals surface area contributed by atoms with E-state index in [1.54, 1.807) is 7.11 Å². The molecule has 2 fully saturated rings. The third kappa shape index (κ3) is 6.28. The molecule has 2 aromatic carbocycles. The normalized spacial score (nSPS) is 20.0. The van der Waals surface area contributed by atoms with Gasteiger partial charge in [0.15, 0.2) is 5.96 Å². The first-order chi connectivity index (χ1) is 15.3. The van der Waals surface area contributed by atoms with Crippen LogP contribution < -0.4 is 20.3 Å². The molecule has 0 aromatic heterocycles. The van der Waals surface area contributed by atoms with Crippen molar-refractivity contribution in [2.45, 2.75) is 31.3 Å². The molecule has 0 saturated carbocycles.